The van der Waals surface area contributed by atoms with Crippen LogP contribution in [0.4, 0.5) is 0 Å². The molecule has 4 aromatic carbocycles. The van der Waals surface area contributed by atoms with Crippen LogP contribution < -0.4 is 0 Å². The fraction of sp³-hybridized carbons (Fsp3) is 0. The first kappa shape index (κ1) is 19.3. The van der Waals surface area contributed by atoms with Gasteiger partial charge in [0.05, 0.1) is 44.1 Å². The summed E-state index contributed by atoms with van der Waals surface area (Å²) in [5.74, 6) is 0. The van der Waals surface area contributed by atoms with Crippen LogP contribution in [-0.2, 0) is 0 Å². The predicted octanol–water partition coefficient (Wildman–Crippen LogP) is 7.25. The zero-order valence-electron chi connectivity index (χ0n) is 19.1. The van der Waals surface area contributed by atoms with Crippen molar-refractivity contribution in [3.63, 3.8) is 0 Å². The summed E-state index contributed by atoms with van der Waals surface area (Å²) in [6.45, 7) is 0. The van der Waals surface area contributed by atoms with Crippen molar-refractivity contribution in [2.45, 2.75) is 0 Å². The van der Waals surface area contributed by atoms with Gasteiger partial charge in [0.15, 0.2) is 0 Å². The first-order chi connectivity index (χ1) is 17.8. The van der Waals surface area contributed by atoms with Crippen LogP contribution in [0.5, 0.6) is 0 Å². The van der Waals surface area contributed by atoms with E-state index in [1.807, 2.05) is 36.4 Å². The summed E-state index contributed by atoms with van der Waals surface area (Å²) in [6, 6.07) is 30.9. The van der Waals surface area contributed by atoms with Crippen molar-refractivity contribution >= 4 is 65.7 Å². The minimum Gasteiger partial charge on any atom is -0.254 e. The molecule has 5 nitrogen and oxygen atoms in total. The average Bonchev–Trinajstić information content (AvgIpc) is 2.95. The van der Waals surface area contributed by atoms with Gasteiger partial charge < -0.3 is 0 Å². The zero-order chi connectivity index (χ0) is 23.6. The minimum atomic E-state index is 0.840. The second-order valence-corrected chi connectivity index (χ2v) is 8.94. The number of para-hydroxylation sites is 2. The zero-order valence-corrected chi connectivity index (χ0v) is 19.1. The molecular weight excluding hydrogens is 442 g/mol. The highest BCUT2D eigenvalue weighted by atomic mass is 14.8. The van der Waals surface area contributed by atoms with Gasteiger partial charge in [-0.05, 0) is 54.1 Å². The molecule has 0 spiro atoms. The first-order valence-corrected chi connectivity index (χ1v) is 11.9. The molecule has 166 valence electrons. The van der Waals surface area contributed by atoms with E-state index in [9.17, 15) is 0 Å². The highest BCUT2D eigenvalue weighted by Crippen LogP contribution is 2.37. The fourth-order valence-corrected chi connectivity index (χ4v) is 5.31. The van der Waals surface area contributed by atoms with E-state index in [0.29, 0.717) is 0 Å². The van der Waals surface area contributed by atoms with Crippen molar-refractivity contribution in [1.82, 2.24) is 24.9 Å². The molecule has 0 radical (unpaired) electrons. The lowest BCUT2D eigenvalue weighted by Crippen LogP contribution is -1.94. The lowest BCUT2D eigenvalue weighted by Gasteiger charge is -2.13. The number of hydrogen-bond acceptors (Lipinski definition) is 5. The third-order valence-corrected chi connectivity index (χ3v) is 6.89. The van der Waals surface area contributed by atoms with E-state index in [-0.39, 0.29) is 0 Å². The van der Waals surface area contributed by atoms with Crippen molar-refractivity contribution in [3.05, 3.63) is 103 Å². The minimum absolute atomic E-state index is 0.840. The number of fused-ring (bicyclic) bond motifs is 9. The summed E-state index contributed by atoms with van der Waals surface area (Å²) >= 11 is 0. The summed E-state index contributed by atoms with van der Waals surface area (Å²) < 4.78 is 0. The Balaban J connectivity index is 1.49. The molecule has 8 aromatic rings. The number of benzene rings is 4. The highest BCUT2D eigenvalue weighted by molar-refractivity contribution is 6.21. The summed E-state index contributed by atoms with van der Waals surface area (Å²) in [6.07, 6.45) is 3.60. The van der Waals surface area contributed by atoms with Crippen LogP contribution in [0, 0.1) is 0 Å². The molecule has 8 rings (SSSR count). The quantitative estimate of drug-likeness (QED) is 0.191. The van der Waals surface area contributed by atoms with E-state index >= 15 is 0 Å². The molecule has 0 atom stereocenters. The van der Waals surface area contributed by atoms with Gasteiger partial charge in [-0.25, -0.2) is 15.0 Å². The van der Waals surface area contributed by atoms with Crippen LogP contribution in [0.2, 0.25) is 0 Å². The van der Waals surface area contributed by atoms with Crippen molar-refractivity contribution in [3.8, 4) is 11.1 Å². The summed E-state index contributed by atoms with van der Waals surface area (Å²) in [7, 11) is 0. The first-order valence-electron chi connectivity index (χ1n) is 11.9. The van der Waals surface area contributed by atoms with Crippen LogP contribution in [-0.4, -0.2) is 24.9 Å². The van der Waals surface area contributed by atoms with Gasteiger partial charge in [0.2, 0.25) is 0 Å². The Morgan fingerprint density at radius 3 is 1.58 bits per heavy atom. The Labute approximate surface area is 205 Å². The van der Waals surface area contributed by atoms with Crippen molar-refractivity contribution in [1.29, 1.82) is 0 Å². The number of aromatic nitrogens is 5. The van der Waals surface area contributed by atoms with E-state index in [1.165, 1.54) is 0 Å². The van der Waals surface area contributed by atoms with Crippen molar-refractivity contribution in [2.75, 3.05) is 0 Å². The molecule has 36 heavy (non-hydrogen) atoms. The van der Waals surface area contributed by atoms with Crippen LogP contribution in [0.1, 0.15) is 0 Å². The molecule has 0 saturated carbocycles. The Bertz CT molecular complexity index is 2110. The largest absolute Gasteiger partial charge is 0.254 e. The van der Waals surface area contributed by atoms with Crippen molar-refractivity contribution in [2.24, 2.45) is 0 Å². The maximum Gasteiger partial charge on any atom is 0.0996 e. The number of hydrogen-bond donors (Lipinski definition) is 0. The standard InChI is InChI=1S/C31H17N5/c1-3-11-23-19(7-1)27(20-8-2-4-12-24(20)34-23)18-13-14-25-26(17-18)36-31-22-10-6-16-33-29(22)28-21(30(31)35-25)9-5-15-32-28/h1-17H. The van der Waals surface area contributed by atoms with Crippen LogP contribution in [0.3, 0.4) is 0 Å². The molecule has 5 heteroatoms. The van der Waals surface area contributed by atoms with E-state index in [2.05, 4.69) is 64.6 Å². The molecule has 0 saturated heterocycles. The average molecular weight is 460 g/mol. The normalized spacial score (nSPS) is 11.9. The molecule has 0 amide bonds. The molecule has 4 heterocycles. The lowest BCUT2D eigenvalue weighted by molar-refractivity contribution is 1.36. The molecule has 0 fully saturated rings. The van der Waals surface area contributed by atoms with Crippen LogP contribution in [0.15, 0.2) is 103 Å². The summed E-state index contributed by atoms with van der Waals surface area (Å²) in [5.41, 5.74) is 9.29. The van der Waals surface area contributed by atoms with Gasteiger partial charge >= 0.3 is 0 Å². The van der Waals surface area contributed by atoms with E-state index in [1.54, 1.807) is 12.4 Å². The second kappa shape index (κ2) is 7.23. The van der Waals surface area contributed by atoms with E-state index < -0.39 is 0 Å². The predicted molar refractivity (Wildman–Crippen MR) is 146 cm³/mol. The lowest BCUT2D eigenvalue weighted by atomic mass is 9.95. The Hall–Kier alpha value is -5.03. The van der Waals surface area contributed by atoms with Gasteiger partial charge in [0, 0.05) is 39.5 Å². The van der Waals surface area contributed by atoms with E-state index in [4.69, 9.17) is 15.0 Å². The molecular formula is C31H17N5. The Morgan fingerprint density at radius 2 is 0.944 bits per heavy atom. The number of rotatable bonds is 1. The molecule has 4 aromatic heterocycles. The molecule has 0 aliphatic carbocycles. The molecule has 0 unspecified atom stereocenters. The van der Waals surface area contributed by atoms with Gasteiger partial charge in [-0.1, -0.05) is 42.5 Å². The maximum atomic E-state index is 5.16. The third kappa shape index (κ3) is 2.68. The van der Waals surface area contributed by atoms with Crippen molar-refractivity contribution < 1.29 is 0 Å². The SMILES string of the molecule is c1ccc2c(-c3ccc4nc5c6cccnc6c6ncccc6c5nc4c3)c3ccccc3nc2c1. The molecule has 0 bridgehead atoms. The Morgan fingerprint density at radius 1 is 0.389 bits per heavy atom. The van der Waals surface area contributed by atoms with Crippen LogP contribution >= 0.6 is 0 Å². The van der Waals surface area contributed by atoms with Gasteiger partial charge in [0.25, 0.3) is 0 Å². The monoisotopic (exact) mass is 459 g/mol. The van der Waals surface area contributed by atoms with Gasteiger partial charge in [-0.15, -0.1) is 0 Å². The molecule has 0 aliphatic rings. The molecule has 0 N–H and O–H groups in total. The Kier molecular flexibility index (Phi) is 3.88. The number of pyridine rings is 3. The van der Waals surface area contributed by atoms with Gasteiger partial charge in [0.1, 0.15) is 0 Å². The second-order valence-electron chi connectivity index (χ2n) is 8.94. The fourth-order valence-electron chi connectivity index (χ4n) is 5.31. The third-order valence-electron chi connectivity index (χ3n) is 6.89. The number of nitrogens with zero attached hydrogens (tertiary/aromatic N) is 5. The summed E-state index contributed by atoms with van der Waals surface area (Å²) in [5, 5.41) is 4.16. The summed E-state index contributed by atoms with van der Waals surface area (Å²) in [4.78, 5) is 24.4. The molecule has 0 aliphatic heterocycles. The van der Waals surface area contributed by atoms with Gasteiger partial charge in [-0.2, -0.15) is 0 Å². The smallest absolute Gasteiger partial charge is 0.0996 e. The maximum absolute atomic E-state index is 5.16. The van der Waals surface area contributed by atoms with Gasteiger partial charge in [-0.3, -0.25) is 9.97 Å². The van der Waals surface area contributed by atoms with E-state index in [0.717, 1.165) is 76.8 Å². The topological polar surface area (TPSA) is 64.5 Å². The highest BCUT2D eigenvalue weighted by Gasteiger charge is 2.15. The van der Waals surface area contributed by atoms with Crippen LogP contribution in [0.25, 0.3) is 76.8 Å².